The third kappa shape index (κ3) is 6.25. The van der Waals surface area contributed by atoms with Gasteiger partial charge in [-0.3, -0.25) is 9.59 Å². The van der Waals surface area contributed by atoms with E-state index >= 15 is 0 Å². The lowest BCUT2D eigenvalue weighted by Crippen LogP contribution is -2.17. The fourth-order valence-electron chi connectivity index (χ4n) is 1.59. The van der Waals surface area contributed by atoms with Gasteiger partial charge in [-0.25, -0.2) is 0 Å². The van der Waals surface area contributed by atoms with E-state index < -0.39 is 0 Å². The molecule has 19 heavy (non-hydrogen) atoms. The predicted molar refractivity (Wildman–Crippen MR) is 77.4 cm³/mol. The molecular formula is C14H19ClN2O2. The van der Waals surface area contributed by atoms with E-state index in [9.17, 15) is 9.59 Å². The number of halogens is 1. The Morgan fingerprint density at radius 3 is 2.37 bits per heavy atom. The molecule has 0 unspecified atom stereocenters. The molecule has 0 radical (unpaired) electrons. The molecule has 2 amide bonds. The third-order valence-corrected chi connectivity index (χ3v) is 2.96. The number of nitrogens with one attached hydrogen (secondary N) is 2. The molecule has 0 fully saturated rings. The zero-order valence-electron chi connectivity index (χ0n) is 11.0. The summed E-state index contributed by atoms with van der Waals surface area (Å²) in [4.78, 5) is 22.6. The normalized spacial score (nSPS) is 10.0. The summed E-state index contributed by atoms with van der Waals surface area (Å²) in [7, 11) is 1.63. The highest BCUT2D eigenvalue weighted by Gasteiger charge is 2.03. The molecule has 1 rings (SSSR count). The minimum Gasteiger partial charge on any atom is -0.359 e. The van der Waals surface area contributed by atoms with Crippen molar-refractivity contribution in [1.82, 2.24) is 5.32 Å². The van der Waals surface area contributed by atoms with Crippen LogP contribution in [0.5, 0.6) is 0 Å². The molecule has 0 spiro atoms. The van der Waals surface area contributed by atoms with E-state index in [1.54, 1.807) is 7.05 Å². The fraction of sp³-hybridized carbons (Fsp3) is 0.429. The lowest BCUT2D eigenvalue weighted by molar-refractivity contribution is -0.120. The first-order chi connectivity index (χ1) is 9.15. The van der Waals surface area contributed by atoms with E-state index in [-0.39, 0.29) is 11.8 Å². The first kappa shape index (κ1) is 15.5. The van der Waals surface area contributed by atoms with Crippen LogP contribution in [-0.2, 0) is 16.0 Å². The summed E-state index contributed by atoms with van der Waals surface area (Å²) in [6.07, 6.45) is 2.28. The number of carbonyl (C=O) groups is 2. The number of hydrogen-bond donors (Lipinski definition) is 2. The average Bonchev–Trinajstić information content (AvgIpc) is 2.44. The Labute approximate surface area is 118 Å². The quantitative estimate of drug-likeness (QED) is 0.754. The average molecular weight is 283 g/mol. The van der Waals surface area contributed by atoms with Crippen molar-refractivity contribution in [3.8, 4) is 0 Å². The molecular weight excluding hydrogens is 264 g/mol. The van der Waals surface area contributed by atoms with Gasteiger partial charge < -0.3 is 10.6 Å². The van der Waals surface area contributed by atoms with Gasteiger partial charge in [-0.2, -0.15) is 0 Å². The lowest BCUT2D eigenvalue weighted by atomic mass is 10.1. The highest BCUT2D eigenvalue weighted by molar-refractivity contribution is 6.18. The number of aryl methyl sites for hydroxylation is 1. The highest BCUT2D eigenvalue weighted by atomic mass is 35.5. The van der Waals surface area contributed by atoms with Crippen molar-refractivity contribution in [2.45, 2.75) is 25.7 Å². The van der Waals surface area contributed by atoms with Crippen LogP contribution in [0.15, 0.2) is 24.3 Å². The van der Waals surface area contributed by atoms with E-state index in [2.05, 4.69) is 10.6 Å². The predicted octanol–water partition coefficient (Wildman–Crippen LogP) is 2.32. The van der Waals surface area contributed by atoms with Gasteiger partial charge in [0.15, 0.2) is 0 Å². The Bertz CT molecular complexity index is 418. The Balaban J connectivity index is 2.43. The molecule has 0 aromatic heterocycles. The minimum absolute atomic E-state index is 0.0263. The van der Waals surface area contributed by atoms with Gasteiger partial charge >= 0.3 is 0 Å². The van der Waals surface area contributed by atoms with Crippen molar-refractivity contribution in [2.75, 3.05) is 18.2 Å². The highest BCUT2D eigenvalue weighted by Crippen LogP contribution is 2.11. The van der Waals surface area contributed by atoms with E-state index in [0.29, 0.717) is 31.6 Å². The molecule has 1 aromatic carbocycles. The maximum atomic E-state index is 11.5. The second-order valence-corrected chi connectivity index (χ2v) is 4.59. The largest absolute Gasteiger partial charge is 0.359 e. The molecule has 1 aromatic rings. The second kappa shape index (κ2) is 8.53. The zero-order chi connectivity index (χ0) is 14.1. The molecule has 0 bridgehead atoms. The maximum absolute atomic E-state index is 11.5. The molecule has 0 aliphatic heterocycles. The molecule has 2 N–H and O–H groups in total. The smallest absolute Gasteiger partial charge is 0.224 e. The van der Waals surface area contributed by atoms with Crippen LogP contribution in [0.25, 0.3) is 0 Å². The van der Waals surface area contributed by atoms with Gasteiger partial charge in [0.1, 0.15) is 0 Å². The molecule has 0 saturated carbocycles. The van der Waals surface area contributed by atoms with Crippen LogP contribution < -0.4 is 10.6 Å². The van der Waals surface area contributed by atoms with Crippen LogP contribution in [0.3, 0.4) is 0 Å². The van der Waals surface area contributed by atoms with Crippen LogP contribution >= 0.6 is 11.6 Å². The summed E-state index contributed by atoms with van der Waals surface area (Å²) in [6.45, 7) is 0. The van der Waals surface area contributed by atoms with Gasteiger partial charge in [-0.15, -0.1) is 11.6 Å². The van der Waals surface area contributed by atoms with Gasteiger partial charge in [0.25, 0.3) is 0 Å². The van der Waals surface area contributed by atoms with Gasteiger partial charge in [0, 0.05) is 31.5 Å². The molecule has 0 atom stereocenters. The summed E-state index contributed by atoms with van der Waals surface area (Å²) in [6, 6.07) is 7.52. The standard InChI is InChI=1S/C14H19ClN2O2/c1-16-13(18)9-6-11-4-7-12(8-5-11)17-14(19)3-2-10-15/h4-5,7-8H,2-3,6,9-10H2,1H3,(H,16,18)(H,17,19). The molecule has 104 valence electrons. The van der Waals surface area contributed by atoms with E-state index in [4.69, 9.17) is 11.6 Å². The first-order valence-corrected chi connectivity index (χ1v) is 6.84. The van der Waals surface area contributed by atoms with Crippen molar-refractivity contribution < 1.29 is 9.59 Å². The summed E-state index contributed by atoms with van der Waals surface area (Å²) in [5.74, 6) is 0.489. The van der Waals surface area contributed by atoms with Crippen LogP contribution in [0, 0.1) is 0 Å². The Morgan fingerprint density at radius 1 is 1.11 bits per heavy atom. The SMILES string of the molecule is CNC(=O)CCc1ccc(NC(=O)CCCCl)cc1. The molecule has 5 heteroatoms. The molecule has 0 aliphatic carbocycles. The Morgan fingerprint density at radius 2 is 1.79 bits per heavy atom. The van der Waals surface area contributed by atoms with Crippen molar-refractivity contribution in [3.05, 3.63) is 29.8 Å². The summed E-state index contributed by atoms with van der Waals surface area (Å²) in [5, 5.41) is 5.39. The van der Waals surface area contributed by atoms with Crippen molar-refractivity contribution in [2.24, 2.45) is 0 Å². The van der Waals surface area contributed by atoms with Gasteiger partial charge in [0.05, 0.1) is 0 Å². The third-order valence-electron chi connectivity index (χ3n) is 2.69. The molecule has 0 saturated heterocycles. The molecule has 0 aliphatic rings. The van der Waals surface area contributed by atoms with Crippen molar-refractivity contribution in [3.63, 3.8) is 0 Å². The van der Waals surface area contributed by atoms with Crippen LogP contribution in [0.4, 0.5) is 5.69 Å². The van der Waals surface area contributed by atoms with Crippen molar-refractivity contribution >= 4 is 29.1 Å². The second-order valence-electron chi connectivity index (χ2n) is 4.21. The van der Waals surface area contributed by atoms with Gasteiger partial charge in [-0.1, -0.05) is 12.1 Å². The Hall–Kier alpha value is -1.55. The maximum Gasteiger partial charge on any atom is 0.224 e. The number of carbonyl (C=O) groups excluding carboxylic acids is 2. The van der Waals surface area contributed by atoms with Crippen LogP contribution in [0.2, 0.25) is 0 Å². The van der Waals surface area contributed by atoms with E-state index in [0.717, 1.165) is 11.3 Å². The lowest BCUT2D eigenvalue weighted by Gasteiger charge is -2.06. The summed E-state index contributed by atoms with van der Waals surface area (Å²) in [5.41, 5.74) is 1.84. The van der Waals surface area contributed by atoms with Crippen molar-refractivity contribution in [1.29, 1.82) is 0 Å². The topological polar surface area (TPSA) is 58.2 Å². The number of amides is 2. The molecule has 4 nitrogen and oxygen atoms in total. The zero-order valence-corrected chi connectivity index (χ0v) is 11.8. The fourth-order valence-corrected chi connectivity index (χ4v) is 1.72. The summed E-state index contributed by atoms with van der Waals surface area (Å²) < 4.78 is 0. The minimum atomic E-state index is -0.0289. The Kier molecular flexibility index (Phi) is 6.97. The summed E-state index contributed by atoms with van der Waals surface area (Å²) >= 11 is 5.53. The van der Waals surface area contributed by atoms with Crippen LogP contribution in [-0.4, -0.2) is 24.7 Å². The number of benzene rings is 1. The number of hydrogen-bond acceptors (Lipinski definition) is 2. The molecule has 0 heterocycles. The number of anilines is 1. The number of rotatable bonds is 7. The van der Waals surface area contributed by atoms with Gasteiger partial charge in [0.2, 0.25) is 11.8 Å². The first-order valence-electron chi connectivity index (χ1n) is 6.31. The van der Waals surface area contributed by atoms with Crippen LogP contribution in [0.1, 0.15) is 24.8 Å². The van der Waals surface area contributed by atoms with E-state index in [1.807, 2.05) is 24.3 Å². The number of alkyl halides is 1. The van der Waals surface area contributed by atoms with Gasteiger partial charge in [-0.05, 0) is 30.5 Å². The monoisotopic (exact) mass is 282 g/mol. The van der Waals surface area contributed by atoms with E-state index in [1.165, 1.54) is 0 Å².